The summed E-state index contributed by atoms with van der Waals surface area (Å²) in [5.74, 6) is -0.945. The Labute approximate surface area is 109 Å². The van der Waals surface area contributed by atoms with Crippen molar-refractivity contribution in [3.63, 3.8) is 0 Å². The van der Waals surface area contributed by atoms with Gasteiger partial charge in [-0.25, -0.2) is 15.0 Å². The first-order chi connectivity index (χ1) is 9.10. The number of benzene rings is 1. The van der Waals surface area contributed by atoms with Gasteiger partial charge in [-0.2, -0.15) is 0 Å². The smallest absolute Gasteiger partial charge is 0.281 e. The Hall–Kier alpha value is -2.50. The predicted molar refractivity (Wildman–Crippen MR) is 69.6 cm³/mol. The Bertz CT molecular complexity index is 711. The summed E-state index contributed by atoms with van der Waals surface area (Å²) in [7, 11) is 0. The number of nitrogens with zero attached hydrogens (tertiary/aromatic N) is 3. The van der Waals surface area contributed by atoms with Gasteiger partial charge in [0, 0.05) is 11.9 Å². The standard InChI is InChI=1S/C13H12N4O2/c1-3-17-12(19)11(18)10-8-6-7(2)4-5-9(8)14-13(15-10)16-17/h4-6H,3H2,1-2H3,(H,14,15,16). The van der Waals surface area contributed by atoms with E-state index in [9.17, 15) is 9.59 Å². The summed E-state index contributed by atoms with van der Waals surface area (Å²) >= 11 is 0. The van der Waals surface area contributed by atoms with Crippen molar-refractivity contribution < 1.29 is 9.59 Å². The molecule has 1 aromatic heterocycles. The van der Waals surface area contributed by atoms with Crippen LogP contribution in [0.1, 0.15) is 23.0 Å². The fourth-order valence-electron chi connectivity index (χ4n) is 2.08. The second-order valence-electron chi connectivity index (χ2n) is 4.41. The molecule has 0 saturated heterocycles. The topological polar surface area (TPSA) is 75.2 Å². The number of ketones is 1. The maximum Gasteiger partial charge on any atom is 0.315 e. The number of hydrogen-bond donors (Lipinski definition) is 1. The maximum absolute atomic E-state index is 12.2. The van der Waals surface area contributed by atoms with Gasteiger partial charge in [-0.15, -0.1) is 0 Å². The number of carbonyl (C=O) groups is 2. The van der Waals surface area contributed by atoms with E-state index in [2.05, 4.69) is 15.4 Å². The van der Waals surface area contributed by atoms with E-state index in [0.29, 0.717) is 17.4 Å². The lowest BCUT2D eigenvalue weighted by atomic mass is 10.1. The second-order valence-corrected chi connectivity index (χ2v) is 4.41. The molecule has 2 aromatic rings. The number of anilines is 1. The average Bonchev–Trinajstić information content (AvgIpc) is 2.50. The highest BCUT2D eigenvalue weighted by Crippen LogP contribution is 2.22. The summed E-state index contributed by atoms with van der Waals surface area (Å²) in [6.45, 7) is 4.05. The van der Waals surface area contributed by atoms with E-state index in [0.717, 1.165) is 5.56 Å². The molecule has 3 rings (SSSR count). The van der Waals surface area contributed by atoms with Crippen LogP contribution in [-0.4, -0.2) is 33.2 Å². The SMILES string of the molecule is CCN1Nc2nc(c3cc(C)ccc3n2)C(=O)C1=O. The molecule has 6 heteroatoms. The molecule has 96 valence electrons. The minimum Gasteiger partial charge on any atom is -0.281 e. The number of hydrazine groups is 1. The summed E-state index contributed by atoms with van der Waals surface area (Å²) in [5, 5.41) is 1.83. The molecule has 1 aliphatic heterocycles. The Balaban J connectivity index is 2.30. The van der Waals surface area contributed by atoms with Crippen molar-refractivity contribution in [3.8, 4) is 0 Å². The lowest BCUT2D eigenvalue weighted by Gasteiger charge is -2.17. The van der Waals surface area contributed by atoms with Gasteiger partial charge in [0.1, 0.15) is 5.69 Å². The van der Waals surface area contributed by atoms with E-state index in [1.54, 1.807) is 6.92 Å². The molecule has 0 saturated carbocycles. The normalized spacial score (nSPS) is 14.5. The van der Waals surface area contributed by atoms with Crippen LogP contribution in [0.3, 0.4) is 0 Å². The third kappa shape index (κ3) is 1.72. The predicted octanol–water partition coefficient (Wildman–Crippen LogP) is 1.31. The molecular formula is C13H12N4O2. The van der Waals surface area contributed by atoms with Crippen molar-refractivity contribution in [1.29, 1.82) is 0 Å². The molecular weight excluding hydrogens is 244 g/mol. The number of aryl methyl sites for hydroxylation is 1. The Morgan fingerprint density at radius 3 is 2.79 bits per heavy atom. The summed E-state index contributed by atoms with van der Waals surface area (Å²) < 4.78 is 0. The number of likely N-dealkylation sites (N-methyl/N-ethyl adjacent to an activating group) is 1. The van der Waals surface area contributed by atoms with Crippen molar-refractivity contribution in [2.45, 2.75) is 13.8 Å². The third-order valence-corrected chi connectivity index (χ3v) is 3.06. The highest BCUT2D eigenvalue weighted by molar-refractivity contribution is 6.44. The number of carbonyl (C=O) groups excluding carboxylic acids is 2. The first-order valence-electron chi connectivity index (χ1n) is 6.01. The molecule has 6 nitrogen and oxygen atoms in total. The van der Waals surface area contributed by atoms with E-state index in [4.69, 9.17) is 0 Å². The van der Waals surface area contributed by atoms with Crippen LogP contribution in [0.5, 0.6) is 0 Å². The first kappa shape index (κ1) is 11.6. The van der Waals surface area contributed by atoms with Gasteiger partial charge in [0.25, 0.3) is 5.78 Å². The Morgan fingerprint density at radius 1 is 1.26 bits per heavy atom. The van der Waals surface area contributed by atoms with Crippen LogP contribution in [-0.2, 0) is 4.79 Å². The zero-order valence-corrected chi connectivity index (χ0v) is 10.6. The van der Waals surface area contributed by atoms with Crippen molar-refractivity contribution in [2.75, 3.05) is 12.0 Å². The Morgan fingerprint density at radius 2 is 2.05 bits per heavy atom. The van der Waals surface area contributed by atoms with Gasteiger partial charge in [0.2, 0.25) is 5.95 Å². The van der Waals surface area contributed by atoms with Crippen LogP contribution in [0.25, 0.3) is 10.9 Å². The average molecular weight is 256 g/mol. The number of nitrogens with one attached hydrogen (secondary N) is 1. The second kappa shape index (κ2) is 4.01. The van der Waals surface area contributed by atoms with Crippen LogP contribution < -0.4 is 5.43 Å². The molecule has 2 bridgehead atoms. The lowest BCUT2D eigenvalue weighted by Crippen LogP contribution is -2.39. The summed E-state index contributed by atoms with van der Waals surface area (Å²) in [4.78, 5) is 32.6. The van der Waals surface area contributed by atoms with Gasteiger partial charge in [-0.05, 0) is 26.0 Å². The van der Waals surface area contributed by atoms with E-state index >= 15 is 0 Å². The zero-order valence-electron chi connectivity index (χ0n) is 10.6. The van der Waals surface area contributed by atoms with Crippen molar-refractivity contribution in [1.82, 2.24) is 15.0 Å². The lowest BCUT2D eigenvalue weighted by molar-refractivity contribution is -0.124. The Kier molecular flexibility index (Phi) is 2.45. The van der Waals surface area contributed by atoms with Gasteiger partial charge in [-0.1, -0.05) is 11.6 Å². The molecule has 19 heavy (non-hydrogen) atoms. The van der Waals surface area contributed by atoms with Crippen LogP contribution in [0, 0.1) is 6.92 Å². The number of fused-ring (bicyclic) bond motifs is 4. The molecule has 0 spiro atoms. The van der Waals surface area contributed by atoms with E-state index < -0.39 is 11.7 Å². The molecule has 0 atom stereocenters. The van der Waals surface area contributed by atoms with Crippen LogP contribution in [0.4, 0.5) is 5.95 Å². The molecule has 1 aliphatic rings. The summed E-state index contributed by atoms with van der Waals surface area (Å²) in [6, 6.07) is 5.55. The zero-order chi connectivity index (χ0) is 13.6. The van der Waals surface area contributed by atoms with Crippen LogP contribution in [0.2, 0.25) is 0 Å². The van der Waals surface area contributed by atoms with Gasteiger partial charge < -0.3 is 0 Å². The minimum atomic E-state index is -0.610. The highest BCUT2D eigenvalue weighted by Gasteiger charge is 2.30. The third-order valence-electron chi connectivity index (χ3n) is 3.06. The monoisotopic (exact) mass is 256 g/mol. The largest absolute Gasteiger partial charge is 0.315 e. The minimum absolute atomic E-state index is 0.164. The number of rotatable bonds is 1. The van der Waals surface area contributed by atoms with Crippen molar-refractivity contribution >= 4 is 28.5 Å². The van der Waals surface area contributed by atoms with E-state index in [1.807, 2.05) is 25.1 Å². The fourth-order valence-corrected chi connectivity index (χ4v) is 2.08. The molecule has 0 radical (unpaired) electrons. The van der Waals surface area contributed by atoms with Gasteiger partial charge in [0.15, 0.2) is 0 Å². The van der Waals surface area contributed by atoms with Crippen molar-refractivity contribution in [3.05, 3.63) is 29.5 Å². The molecule has 0 unspecified atom stereocenters. The molecule has 0 fully saturated rings. The summed E-state index contributed by atoms with van der Waals surface area (Å²) in [6.07, 6.45) is 0. The van der Waals surface area contributed by atoms with Crippen molar-refractivity contribution in [2.24, 2.45) is 0 Å². The van der Waals surface area contributed by atoms with Crippen LogP contribution >= 0.6 is 0 Å². The number of hydrogen-bond acceptors (Lipinski definition) is 5. The maximum atomic E-state index is 12.2. The first-order valence-corrected chi connectivity index (χ1v) is 6.01. The van der Waals surface area contributed by atoms with Gasteiger partial charge in [-0.3, -0.25) is 15.0 Å². The highest BCUT2D eigenvalue weighted by atomic mass is 16.2. The van der Waals surface area contributed by atoms with Crippen LogP contribution in [0.15, 0.2) is 18.2 Å². The number of amides is 1. The molecule has 1 aromatic carbocycles. The molecule has 1 N–H and O–H groups in total. The van der Waals surface area contributed by atoms with E-state index in [-0.39, 0.29) is 11.6 Å². The molecule has 0 aliphatic carbocycles. The molecule has 2 heterocycles. The summed E-state index contributed by atoms with van der Waals surface area (Å²) in [5.41, 5.74) is 4.56. The molecule has 1 amide bonds. The fraction of sp³-hybridized carbons (Fsp3) is 0.231. The van der Waals surface area contributed by atoms with Gasteiger partial charge in [0.05, 0.1) is 5.52 Å². The number of aromatic nitrogens is 2. The number of Topliss-reactive ketones (excluding diaryl/α,β-unsaturated/α-hetero) is 1. The van der Waals surface area contributed by atoms with Gasteiger partial charge >= 0.3 is 5.91 Å². The quantitative estimate of drug-likeness (QED) is 0.778. The van der Waals surface area contributed by atoms with E-state index in [1.165, 1.54) is 5.01 Å².